The molecule has 3 nitrogen and oxygen atoms in total. The highest BCUT2D eigenvalue weighted by Gasteiger charge is 2.35. The van der Waals surface area contributed by atoms with Crippen LogP contribution in [0.5, 0.6) is 0 Å². The van der Waals surface area contributed by atoms with E-state index in [1.807, 2.05) is 12.3 Å². The monoisotopic (exact) mass is 356 g/mol. The molecule has 0 aliphatic heterocycles. The summed E-state index contributed by atoms with van der Waals surface area (Å²) in [6.45, 7) is 3.23. The van der Waals surface area contributed by atoms with E-state index in [1.165, 1.54) is 6.07 Å². The van der Waals surface area contributed by atoms with Crippen LogP contribution in [0.4, 0.5) is 13.2 Å². The Hall–Kier alpha value is -1.60. The summed E-state index contributed by atoms with van der Waals surface area (Å²) in [4.78, 5) is 13.8. The Morgan fingerprint density at radius 3 is 2.58 bits per heavy atom. The van der Waals surface area contributed by atoms with Crippen molar-refractivity contribution in [1.82, 2.24) is 9.47 Å². The van der Waals surface area contributed by atoms with E-state index in [1.54, 1.807) is 16.7 Å². The van der Waals surface area contributed by atoms with Crippen molar-refractivity contribution in [3.05, 3.63) is 56.1 Å². The van der Waals surface area contributed by atoms with Gasteiger partial charge in [0.25, 0.3) is 0 Å². The van der Waals surface area contributed by atoms with E-state index in [-0.39, 0.29) is 11.4 Å². The number of nitrogens with zero attached hydrogens (tertiary/aromatic N) is 2. The Bertz CT molecular complexity index is 762. The summed E-state index contributed by atoms with van der Waals surface area (Å²) in [6.07, 6.45) is -2.33. The molecular weight excluding hydrogens is 337 g/mol. The predicted molar refractivity (Wildman–Crippen MR) is 88.2 cm³/mol. The number of alkyl halides is 3. The third-order valence-corrected chi connectivity index (χ3v) is 5.23. The van der Waals surface area contributed by atoms with Gasteiger partial charge in [0, 0.05) is 36.8 Å². The van der Waals surface area contributed by atoms with Crippen LogP contribution in [0.25, 0.3) is 0 Å². The minimum atomic E-state index is -4.34. The summed E-state index contributed by atoms with van der Waals surface area (Å²) < 4.78 is 41.2. The maximum atomic E-state index is 13.2. The molecule has 0 saturated heterocycles. The first-order chi connectivity index (χ1) is 11.4. The van der Waals surface area contributed by atoms with E-state index in [4.69, 9.17) is 0 Å². The molecule has 0 radical (unpaired) electrons. The molecule has 1 aliphatic rings. The number of halogens is 3. The van der Waals surface area contributed by atoms with Gasteiger partial charge in [-0.3, -0.25) is 9.69 Å². The second kappa shape index (κ2) is 6.72. The van der Waals surface area contributed by atoms with Crippen LogP contribution < -0.4 is 4.87 Å². The SMILES string of the molecule is Cc1csc(=O)n1CCN(Cc1ccccc1C(F)(F)F)C1CC1. The largest absolute Gasteiger partial charge is 0.416 e. The van der Waals surface area contributed by atoms with Gasteiger partial charge in [-0.2, -0.15) is 13.2 Å². The highest BCUT2D eigenvalue weighted by Crippen LogP contribution is 2.34. The first-order valence-electron chi connectivity index (χ1n) is 7.90. The van der Waals surface area contributed by atoms with E-state index in [0.29, 0.717) is 24.7 Å². The molecule has 1 aromatic carbocycles. The number of rotatable bonds is 6. The molecule has 130 valence electrons. The van der Waals surface area contributed by atoms with Crippen molar-refractivity contribution < 1.29 is 13.2 Å². The van der Waals surface area contributed by atoms with Crippen molar-refractivity contribution >= 4 is 11.3 Å². The molecule has 7 heteroatoms. The van der Waals surface area contributed by atoms with Crippen molar-refractivity contribution in [3.63, 3.8) is 0 Å². The van der Waals surface area contributed by atoms with Crippen LogP contribution >= 0.6 is 11.3 Å². The Morgan fingerprint density at radius 2 is 2.00 bits per heavy atom. The van der Waals surface area contributed by atoms with Crippen molar-refractivity contribution in [2.45, 2.75) is 45.1 Å². The molecule has 1 fully saturated rings. The van der Waals surface area contributed by atoms with Crippen LogP contribution in [-0.4, -0.2) is 22.1 Å². The molecule has 0 bridgehead atoms. The van der Waals surface area contributed by atoms with Gasteiger partial charge in [-0.15, -0.1) is 0 Å². The second-order valence-electron chi connectivity index (χ2n) is 6.15. The van der Waals surface area contributed by atoms with Gasteiger partial charge in [-0.25, -0.2) is 0 Å². The van der Waals surface area contributed by atoms with Crippen LogP contribution in [0.15, 0.2) is 34.4 Å². The minimum Gasteiger partial charge on any atom is -0.302 e. The molecule has 3 rings (SSSR count). The summed E-state index contributed by atoms with van der Waals surface area (Å²) in [5.41, 5.74) is 0.627. The maximum Gasteiger partial charge on any atom is 0.416 e. The van der Waals surface area contributed by atoms with Crippen LogP contribution in [0.1, 0.15) is 29.7 Å². The normalized spacial score (nSPS) is 15.2. The van der Waals surface area contributed by atoms with Crippen molar-refractivity contribution in [2.75, 3.05) is 6.54 Å². The molecule has 1 heterocycles. The number of aryl methyl sites for hydroxylation is 1. The van der Waals surface area contributed by atoms with Gasteiger partial charge >= 0.3 is 11.0 Å². The first kappa shape index (κ1) is 17.2. The molecular formula is C17H19F3N2OS. The predicted octanol–water partition coefficient (Wildman–Crippen LogP) is 3.90. The fourth-order valence-corrected chi connectivity index (χ4v) is 3.65. The minimum absolute atomic E-state index is 0.0149. The molecule has 1 saturated carbocycles. The first-order valence-corrected chi connectivity index (χ1v) is 8.78. The van der Waals surface area contributed by atoms with Gasteiger partial charge in [-0.05, 0) is 31.4 Å². The summed E-state index contributed by atoms with van der Waals surface area (Å²) in [6, 6.07) is 6.06. The van der Waals surface area contributed by atoms with Crippen LogP contribution in [0, 0.1) is 6.92 Å². The van der Waals surface area contributed by atoms with Gasteiger partial charge in [0.05, 0.1) is 5.56 Å². The zero-order valence-corrected chi connectivity index (χ0v) is 14.2. The number of aromatic nitrogens is 1. The summed E-state index contributed by atoms with van der Waals surface area (Å²) in [5.74, 6) is 0. The number of hydrogen-bond donors (Lipinski definition) is 0. The Balaban J connectivity index is 1.75. The number of hydrogen-bond acceptors (Lipinski definition) is 3. The Kier molecular flexibility index (Phi) is 4.83. The molecule has 24 heavy (non-hydrogen) atoms. The fourth-order valence-electron chi connectivity index (χ4n) is 2.89. The van der Waals surface area contributed by atoms with Gasteiger partial charge < -0.3 is 4.57 Å². The molecule has 0 atom stereocenters. The lowest BCUT2D eigenvalue weighted by Crippen LogP contribution is -2.32. The summed E-state index contributed by atoms with van der Waals surface area (Å²) >= 11 is 1.16. The zero-order chi connectivity index (χ0) is 17.3. The van der Waals surface area contributed by atoms with Crippen LogP contribution in [0.3, 0.4) is 0 Å². The highest BCUT2D eigenvalue weighted by atomic mass is 32.1. The van der Waals surface area contributed by atoms with E-state index in [0.717, 1.165) is 35.9 Å². The van der Waals surface area contributed by atoms with E-state index in [9.17, 15) is 18.0 Å². The number of thiazole rings is 1. The maximum absolute atomic E-state index is 13.2. The fraction of sp³-hybridized carbons (Fsp3) is 0.471. The third-order valence-electron chi connectivity index (χ3n) is 4.35. The van der Waals surface area contributed by atoms with Gasteiger partial charge in [0.15, 0.2) is 0 Å². The average molecular weight is 356 g/mol. The lowest BCUT2D eigenvalue weighted by molar-refractivity contribution is -0.138. The van der Waals surface area contributed by atoms with E-state index >= 15 is 0 Å². The molecule has 2 aromatic rings. The van der Waals surface area contributed by atoms with Crippen molar-refractivity contribution in [2.24, 2.45) is 0 Å². The van der Waals surface area contributed by atoms with Gasteiger partial charge in [-0.1, -0.05) is 29.5 Å². The molecule has 0 spiro atoms. The van der Waals surface area contributed by atoms with Crippen LogP contribution in [-0.2, 0) is 19.3 Å². The standard InChI is InChI=1S/C17H19F3N2OS/c1-12-11-24-16(23)22(12)9-8-21(14-6-7-14)10-13-4-2-3-5-15(13)17(18,19)20/h2-5,11,14H,6-10H2,1H3. The average Bonchev–Trinajstić information content (AvgIpc) is 3.31. The van der Waals surface area contributed by atoms with Crippen LogP contribution in [0.2, 0.25) is 0 Å². The zero-order valence-electron chi connectivity index (χ0n) is 13.3. The number of benzene rings is 1. The van der Waals surface area contributed by atoms with Crippen molar-refractivity contribution in [1.29, 1.82) is 0 Å². The van der Waals surface area contributed by atoms with E-state index in [2.05, 4.69) is 4.90 Å². The molecule has 0 N–H and O–H groups in total. The van der Waals surface area contributed by atoms with E-state index < -0.39 is 11.7 Å². The lowest BCUT2D eigenvalue weighted by atomic mass is 10.1. The smallest absolute Gasteiger partial charge is 0.302 e. The Labute approximate surface area is 142 Å². The lowest BCUT2D eigenvalue weighted by Gasteiger charge is -2.24. The Morgan fingerprint density at radius 1 is 1.29 bits per heavy atom. The van der Waals surface area contributed by atoms with Gasteiger partial charge in [0.1, 0.15) is 0 Å². The molecule has 1 aliphatic carbocycles. The second-order valence-corrected chi connectivity index (χ2v) is 6.97. The topological polar surface area (TPSA) is 25.2 Å². The summed E-state index contributed by atoms with van der Waals surface area (Å²) in [5, 5.41) is 1.81. The molecule has 0 unspecified atom stereocenters. The highest BCUT2D eigenvalue weighted by molar-refractivity contribution is 7.07. The van der Waals surface area contributed by atoms with Crippen molar-refractivity contribution in [3.8, 4) is 0 Å². The quantitative estimate of drug-likeness (QED) is 0.784. The molecule has 0 amide bonds. The molecule has 1 aromatic heterocycles. The third kappa shape index (κ3) is 3.89. The van der Waals surface area contributed by atoms with Gasteiger partial charge in [0.2, 0.25) is 0 Å². The summed E-state index contributed by atoms with van der Waals surface area (Å²) in [7, 11) is 0.